The van der Waals surface area contributed by atoms with Crippen molar-refractivity contribution in [2.45, 2.75) is 26.2 Å². The fourth-order valence-electron chi connectivity index (χ4n) is 2.11. The molecule has 0 amide bonds. The molecule has 0 heterocycles. The molecule has 2 rings (SSSR count). The summed E-state index contributed by atoms with van der Waals surface area (Å²) in [7, 11) is 0. The summed E-state index contributed by atoms with van der Waals surface area (Å²) in [6.07, 6.45) is 5.31. The van der Waals surface area contributed by atoms with Crippen molar-refractivity contribution in [1.29, 1.82) is 0 Å². The summed E-state index contributed by atoms with van der Waals surface area (Å²) < 4.78 is 0. The van der Waals surface area contributed by atoms with Gasteiger partial charge in [0.05, 0.1) is 0 Å². The Morgan fingerprint density at radius 3 is 3.00 bits per heavy atom. The average Bonchev–Trinajstić information content (AvgIpc) is 2.18. The first-order valence-electron chi connectivity index (χ1n) is 5.21. The molecule has 1 aliphatic carbocycles. The Morgan fingerprint density at radius 1 is 1.36 bits per heavy atom. The summed E-state index contributed by atoms with van der Waals surface area (Å²) in [6.45, 7) is 2.38. The molecule has 0 bridgehead atoms. The molecule has 1 aromatic rings. The number of aliphatic hydroxyl groups excluding tert-OH is 1. The number of hydrogen-bond donors (Lipinski definition) is 1. The smallest absolute Gasteiger partial charge is 0.0471 e. The van der Waals surface area contributed by atoms with Gasteiger partial charge in [-0.3, -0.25) is 0 Å². The molecule has 0 aliphatic heterocycles. The highest BCUT2D eigenvalue weighted by molar-refractivity contribution is 5.70. The summed E-state index contributed by atoms with van der Waals surface area (Å²) in [5.74, 6) is 0. The van der Waals surface area contributed by atoms with Gasteiger partial charge in [-0.15, -0.1) is 0 Å². The van der Waals surface area contributed by atoms with E-state index in [4.69, 9.17) is 5.11 Å². The zero-order valence-electron chi connectivity index (χ0n) is 8.59. The van der Waals surface area contributed by atoms with Crippen molar-refractivity contribution in [3.63, 3.8) is 0 Å². The van der Waals surface area contributed by atoms with E-state index in [1.165, 1.54) is 22.3 Å². The predicted octanol–water partition coefficient (Wildman–Crippen LogP) is 2.71. The summed E-state index contributed by atoms with van der Waals surface area (Å²) in [5.41, 5.74) is 5.43. The van der Waals surface area contributed by atoms with Gasteiger partial charge in [0.15, 0.2) is 0 Å². The Hall–Kier alpha value is -1.08. The molecule has 1 heteroatoms. The molecule has 0 spiro atoms. The molecule has 0 saturated heterocycles. The molecule has 14 heavy (non-hydrogen) atoms. The zero-order valence-corrected chi connectivity index (χ0v) is 8.59. The van der Waals surface area contributed by atoms with E-state index in [0.29, 0.717) is 0 Å². The van der Waals surface area contributed by atoms with Gasteiger partial charge in [-0.2, -0.15) is 0 Å². The molecule has 1 aromatic carbocycles. The summed E-state index contributed by atoms with van der Waals surface area (Å²) in [4.78, 5) is 0. The van der Waals surface area contributed by atoms with Crippen LogP contribution in [0.4, 0.5) is 0 Å². The lowest BCUT2D eigenvalue weighted by Crippen LogP contribution is -2.01. The largest absolute Gasteiger partial charge is 0.396 e. The van der Waals surface area contributed by atoms with Gasteiger partial charge in [-0.25, -0.2) is 0 Å². The van der Waals surface area contributed by atoms with Crippen LogP contribution in [-0.2, 0) is 6.42 Å². The van der Waals surface area contributed by atoms with Crippen LogP contribution in [0, 0.1) is 6.92 Å². The number of rotatable bonds is 2. The van der Waals surface area contributed by atoms with Crippen LogP contribution in [0.3, 0.4) is 0 Å². The lowest BCUT2D eigenvalue weighted by Gasteiger charge is -2.17. The second kappa shape index (κ2) is 3.97. The van der Waals surface area contributed by atoms with Crippen molar-refractivity contribution in [3.05, 3.63) is 41.0 Å². The van der Waals surface area contributed by atoms with E-state index in [-0.39, 0.29) is 6.61 Å². The molecule has 0 radical (unpaired) electrons. The number of aliphatic hydroxyl groups is 1. The van der Waals surface area contributed by atoms with Gasteiger partial charge in [-0.1, -0.05) is 29.8 Å². The highest BCUT2D eigenvalue weighted by Crippen LogP contribution is 2.28. The van der Waals surface area contributed by atoms with Crippen LogP contribution < -0.4 is 0 Å². The summed E-state index contributed by atoms with van der Waals surface area (Å²) in [6, 6.07) is 6.60. The van der Waals surface area contributed by atoms with Crippen LogP contribution in [0.5, 0.6) is 0 Å². The number of benzene rings is 1. The third kappa shape index (κ3) is 1.73. The van der Waals surface area contributed by atoms with Gasteiger partial charge in [0.2, 0.25) is 0 Å². The minimum atomic E-state index is 0.249. The second-order valence-corrected chi connectivity index (χ2v) is 3.90. The third-order valence-electron chi connectivity index (χ3n) is 2.79. The first-order valence-corrected chi connectivity index (χ1v) is 5.21. The van der Waals surface area contributed by atoms with E-state index in [9.17, 15) is 0 Å². The monoisotopic (exact) mass is 188 g/mol. The molecule has 74 valence electrons. The van der Waals surface area contributed by atoms with E-state index in [1.807, 2.05) is 0 Å². The lowest BCUT2D eigenvalue weighted by molar-refractivity contribution is 0.305. The molecule has 1 N–H and O–H groups in total. The molecule has 0 saturated carbocycles. The number of hydrogen-bond acceptors (Lipinski definition) is 1. The molecule has 0 atom stereocenters. The zero-order chi connectivity index (χ0) is 9.97. The van der Waals surface area contributed by atoms with E-state index >= 15 is 0 Å². The maximum atomic E-state index is 8.96. The van der Waals surface area contributed by atoms with E-state index in [2.05, 4.69) is 31.2 Å². The van der Waals surface area contributed by atoms with Gasteiger partial charge in [0.25, 0.3) is 0 Å². The van der Waals surface area contributed by atoms with E-state index in [0.717, 1.165) is 19.3 Å². The summed E-state index contributed by atoms with van der Waals surface area (Å²) in [5, 5.41) is 8.96. The lowest BCUT2D eigenvalue weighted by atomic mass is 9.88. The number of fused-ring (bicyclic) bond motifs is 1. The van der Waals surface area contributed by atoms with Gasteiger partial charge < -0.3 is 5.11 Å². The summed E-state index contributed by atoms with van der Waals surface area (Å²) >= 11 is 0. The first kappa shape index (κ1) is 9.47. The molecule has 1 aliphatic rings. The Balaban J connectivity index is 2.38. The normalized spacial score (nSPS) is 14.9. The fraction of sp³-hybridized carbons (Fsp3) is 0.385. The molecule has 0 unspecified atom stereocenters. The van der Waals surface area contributed by atoms with Crippen LogP contribution in [-0.4, -0.2) is 11.7 Å². The molecule has 1 nitrogen and oxygen atoms in total. The van der Waals surface area contributed by atoms with Crippen molar-refractivity contribution in [2.75, 3.05) is 6.61 Å². The van der Waals surface area contributed by atoms with Crippen molar-refractivity contribution in [1.82, 2.24) is 0 Å². The van der Waals surface area contributed by atoms with Crippen LogP contribution in [0.2, 0.25) is 0 Å². The van der Waals surface area contributed by atoms with Crippen LogP contribution in [0.1, 0.15) is 29.5 Å². The maximum absolute atomic E-state index is 8.96. The SMILES string of the molecule is Cc1ccc2c(c1)CCC=C2CCO. The van der Waals surface area contributed by atoms with Crippen molar-refractivity contribution < 1.29 is 5.11 Å². The topological polar surface area (TPSA) is 20.2 Å². The minimum absolute atomic E-state index is 0.249. The van der Waals surface area contributed by atoms with Gasteiger partial charge in [0.1, 0.15) is 0 Å². The standard InChI is InChI=1S/C13H16O/c1-10-5-6-13-11(7-8-14)3-2-4-12(13)9-10/h3,5-6,9,14H,2,4,7-8H2,1H3. The molecular weight excluding hydrogens is 172 g/mol. The molecule has 0 aromatic heterocycles. The van der Waals surface area contributed by atoms with Crippen molar-refractivity contribution in [3.8, 4) is 0 Å². The maximum Gasteiger partial charge on any atom is 0.0471 e. The molecular formula is C13H16O. The van der Waals surface area contributed by atoms with Crippen molar-refractivity contribution >= 4 is 5.57 Å². The Kier molecular flexibility index (Phi) is 2.69. The predicted molar refractivity (Wildman–Crippen MR) is 59.2 cm³/mol. The number of allylic oxidation sites excluding steroid dienone is 1. The van der Waals surface area contributed by atoms with Crippen molar-refractivity contribution in [2.24, 2.45) is 0 Å². The minimum Gasteiger partial charge on any atom is -0.396 e. The van der Waals surface area contributed by atoms with Crippen LogP contribution in [0.25, 0.3) is 5.57 Å². The van der Waals surface area contributed by atoms with Crippen LogP contribution in [0.15, 0.2) is 24.3 Å². The first-order chi connectivity index (χ1) is 6.81. The fourth-order valence-corrected chi connectivity index (χ4v) is 2.11. The third-order valence-corrected chi connectivity index (χ3v) is 2.79. The quantitative estimate of drug-likeness (QED) is 0.756. The highest BCUT2D eigenvalue weighted by Gasteiger charge is 2.11. The highest BCUT2D eigenvalue weighted by atomic mass is 16.2. The second-order valence-electron chi connectivity index (χ2n) is 3.90. The average molecular weight is 188 g/mol. The van der Waals surface area contributed by atoms with Crippen LogP contribution >= 0.6 is 0 Å². The van der Waals surface area contributed by atoms with Gasteiger partial charge in [0, 0.05) is 6.61 Å². The van der Waals surface area contributed by atoms with E-state index < -0.39 is 0 Å². The van der Waals surface area contributed by atoms with Gasteiger partial charge >= 0.3 is 0 Å². The Labute approximate surface area is 85.1 Å². The van der Waals surface area contributed by atoms with Gasteiger partial charge in [-0.05, 0) is 42.9 Å². The Morgan fingerprint density at radius 2 is 2.21 bits per heavy atom. The Bertz CT molecular complexity index is 363. The van der Waals surface area contributed by atoms with E-state index in [1.54, 1.807) is 0 Å². The molecule has 0 fully saturated rings. The number of aryl methyl sites for hydroxylation is 2.